The van der Waals surface area contributed by atoms with Crippen LogP contribution in [0.1, 0.15) is 21.5 Å². The fourth-order valence-electron chi connectivity index (χ4n) is 4.34. The summed E-state index contributed by atoms with van der Waals surface area (Å²) in [6.07, 6.45) is 1.76. The van der Waals surface area contributed by atoms with Crippen molar-refractivity contribution in [3.05, 3.63) is 90.0 Å². The molecule has 0 saturated carbocycles. The molecule has 5 rings (SSSR count). The predicted octanol–water partition coefficient (Wildman–Crippen LogP) is 4.42. The van der Waals surface area contributed by atoms with E-state index in [1.54, 1.807) is 11.8 Å². The van der Waals surface area contributed by atoms with Gasteiger partial charge in [0.2, 0.25) is 0 Å². The number of hydrogen-bond acceptors (Lipinski definition) is 5. The average Bonchev–Trinajstić information content (AvgIpc) is 3.21. The first-order chi connectivity index (χ1) is 16.1. The highest BCUT2D eigenvalue weighted by atomic mass is 16.5. The Hall–Kier alpha value is -3.90. The number of fused-ring (bicyclic) bond motifs is 2. The van der Waals surface area contributed by atoms with Crippen molar-refractivity contribution >= 4 is 16.7 Å². The van der Waals surface area contributed by atoms with Crippen LogP contribution in [-0.4, -0.2) is 40.5 Å². The summed E-state index contributed by atoms with van der Waals surface area (Å²) in [5.41, 5.74) is 4.77. The van der Waals surface area contributed by atoms with E-state index in [1.165, 1.54) is 0 Å². The van der Waals surface area contributed by atoms with E-state index in [1.807, 2.05) is 66.7 Å². The first-order valence-electron chi connectivity index (χ1n) is 10.8. The maximum atomic E-state index is 13.0. The van der Waals surface area contributed by atoms with E-state index in [2.05, 4.69) is 6.58 Å². The molecule has 0 amide bonds. The van der Waals surface area contributed by atoms with Crippen molar-refractivity contribution < 1.29 is 19.4 Å². The first-order valence-corrected chi connectivity index (χ1v) is 10.8. The minimum atomic E-state index is -0.811. The number of aromatic nitrogens is 2. The lowest BCUT2D eigenvalue weighted by atomic mass is 9.87. The normalized spacial score (nSPS) is 13.0. The number of aliphatic hydroxyl groups excluding tert-OH is 1. The molecule has 1 atom stereocenters. The summed E-state index contributed by atoms with van der Waals surface area (Å²) >= 11 is 0. The standard InChI is InChI=1S/C27H24N2O4/c1-3-7-17-12-13-23(24(14-17)32-2)33-16-18(30)15-29-22-11-6-10-21-25(22)26(28-29)19-8-4-5-9-20(19)27(21)31/h3-6,8-14,18,30H,1,7,15-16H2,2H3. The van der Waals surface area contributed by atoms with Gasteiger partial charge in [0, 0.05) is 22.1 Å². The summed E-state index contributed by atoms with van der Waals surface area (Å²) in [4.78, 5) is 13.0. The molecule has 1 heterocycles. The molecule has 6 nitrogen and oxygen atoms in total. The molecule has 0 fully saturated rings. The molecule has 1 unspecified atom stereocenters. The van der Waals surface area contributed by atoms with Gasteiger partial charge in [-0.15, -0.1) is 6.58 Å². The smallest absolute Gasteiger partial charge is 0.194 e. The van der Waals surface area contributed by atoms with Gasteiger partial charge in [-0.3, -0.25) is 9.48 Å². The number of aliphatic hydroxyl groups is 1. The van der Waals surface area contributed by atoms with Gasteiger partial charge in [-0.2, -0.15) is 5.10 Å². The van der Waals surface area contributed by atoms with Crippen LogP contribution in [0.4, 0.5) is 0 Å². The van der Waals surface area contributed by atoms with Crippen LogP contribution < -0.4 is 9.47 Å². The molecule has 3 aromatic carbocycles. The van der Waals surface area contributed by atoms with E-state index in [4.69, 9.17) is 14.6 Å². The molecule has 1 aromatic heterocycles. The van der Waals surface area contributed by atoms with Crippen LogP contribution in [0.5, 0.6) is 11.5 Å². The maximum Gasteiger partial charge on any atom is 0.194 e. The van der Waals surface area contributed by atoms with E-state index < -0.39 is 6.10 Å². The van der Waals surface area contributed by atoms with Gasteiger partial charge in [-0.05, 0) is 30.2 Å². The lowest BCUT2D eigenvalue weighted by molar-refractivity contribution is 0.0891. The Morgan fingerprint density at radius 3 is 2.64 bits per heavy atom. The van der Waals surface area contributed by atoms with Crippen molar-refractivity contribution in [2.75, 3.05) is 13.7 Å². The molecule has 0 spiro atoms. The molecule has 0 bridgehead atoms. The second-order valence-corrected chi connectivity index (χ2v) is 8.05. The molecule has 4 aromatic rings. The predicted molar refractivity (Wildman–Crippen MR) is 127 cm³/mol. The Morgan fingerprint density at radius 1 is 1.06 bits per heavy atom. The zero-order valence-corrected chi connectivity index (χ0v) is 18.3. The van der Waals surface area contributed by atoms with Gasteiger partial charge in [0.1, 0.15) is 18.4 Å². The zero-order valence-electron chi connectivity index (χ0n) is 18.3. The zero-order chi connectivity index (χ0) is 22.9. The molecule has 166 valence electrons. The van der Waals surface area contributed by atoms with Crippen LogP contribution >= 0.6 is 0 Å². The van der Waals surface area contributed by atoms with Crippen molar-refractivity contribution in [1.29, 1.82) is 0 Å². The number of benzene rings is 3. The highest BCUT2D eigenvalue weighted by molar-refractivity contribution is 6.25. The third-order valence-corrected chi connectivity index (χ3v) is 5.87. The Labute approximate surface area is 191 Å². The van der Waals surface area contributed by atoms with E-state index in [9.17, 15) is 9.90 Å². The average molecular weight is 440 g/mol. The number of hydrogen-bond donors (Lipinski definition) is 1. The van der Waals surface area contributed by atoms with Crippen LogP contribution in [0.2, 0.25) is 0 Å². The van der Waals surface area contributed by atoms with Crippen molar-refractivity contribution in [3.63, 3.8) is 0 Å². The van der Waals surface area contributed by atoms with E-state index in [0.29, 0.717) is 22.6 Å². The molecule has 1 aliphatic carbocycles. The number of rotatable bonds is 8. The van der Waals surface area contributed by atoms with Gasteiger partial charge >= 0.3 is 0 Å². The lowest BCUT2D eigenvalue weighted by Crippen LogP contribution is -2.24. The summed E-state index contributed by atoms with van der Waals surface area (Å²) < 4.78 is 13.0. The number of carbonyl (C=O) groups is 1. The van der Waals surface area contributed by atoms with Gasteiger partial charge in [0.25, 0.3) is 0 Å². The summed E-state index contributed by atoms with van der Waals surface area (Å²) in [6.45, 7) is 4.06. The van der Waals surface area contributed by atoms with Crippen LogP contribution in [-0.2, 0) is 13.0 Å². The Balaban J connectivity index is 1.39. The molecule has 0 saturated heterocycles. The second-order valence-electron chi connectivity index (χ2n) is 8.05. The Bertz CT molecular complexity index is 1370. The molecule has 0 aliphatic heterocycles. The Morgan fingerprint density at radius 2 is 1.85 bits per heavy atom. The summed E-state index contributed by atoms with van der Waals surface area (Å²) in [5, 5.41) is 16.3. The number of nitrogens with zero attached hydrogens (tertiary/aromatic N) is 2. The van der Waals surface area contributed by atoms with Crippen molar-refractivity contribution in [3.8, 4) is 22.8 Å². The monoisotopic (exact) mass is 440 g/mol. The first kappa shape index (κ1) is 21.0. The van der Waals surface area contributed by atoms with Gasteiger partial charge in [0.15, 0.2) is 17.3 Å². The second kappa shape index (κ2) is 8.56. The summed E-state index contributed by atoms with van der Waals surface area (Å²) in [6, 6.07) is 18.8. The van der Waals surface area contributed by atoms with Gasteiger partial charge in [-0.25, -0.2) is 0 Å². The van der Waals surface area contributed by atoms with Crippen molar-refractivity contribution in [2.45, 2.75) is 19.1 Å². The summed E-state index contributed by atoms with van der Waals surface area (Å²) in [7, 11) is 1.59. The molecule has 6 heteroatoms. The number of ether oxygens (including phenoxy) is 2. The van der Waals surface area contributed by atoms with Gasteiger partial charge in [-0.1, -0.05) is 48.5 Å². The fraction of sp³-hybridized carbons (Fsp3) is 0.185. The lowest BCUT2D eigenvalue weighted by Gasteiger charge is -2.15. The van der Waals surface area contributed by atoms with Crippen molar-refractivity contribution in [1.82, 2.24) is 9.78 Å². The molecular formula is C27H24N2O4. The number of ketones is 1. The van der Waals surface area contributed by atoms with E-state index in [-0.39, 0.29) is 18.9 Å². The maximum absolute atomic E-state index is 13.0. The summed E-state index contributed by atoms with van der Waals surface area (Å²) in [5.74, 6) is 1.17. The number of methoxy groups -OCH3 is 1. The molecule has 33 heavy (non-hydrogen) atoms. The van der Waals surface area contributed by atoms with Gasteiger partial charge in [0.05, 0.1) is 19.2 Å². The minimum absolute atomic E-state index is 0.000807. The SMILES string of the molecule is C=CCc1ccc(OCC(O)Cn2nc3c4c(cccc42)C(=O)c2ccccc2-3)c(OC)c1. The highest BCUT2D eigenvalue weighted by Crippen LogP contribution is 2.38. The fourth-order valence-corrected chi connectivity index (χ4v) is 4.34. The van der Waals surface area contributed by atoms with Crippen LogP contribution in [0.25, 0.3) is 22.2 Å². The van der Waals surface area contributed by atoms with Crippen molar-refractivity contribution in [2.24, 2.45) is 0 Å². The quantitative estimate of drug-likeness (QED) is 0.362. The van der Waals surface area contributed by atoms with Crippen LogP contribution in [0, 0.1) is 0 Å². The molecule has 1 N–H and O–H groups in total. The number of allylic oxidation sites excluding steroid dienone is 1. The third-order valence-electron chi connectivity index (χ3n) is 5.87. The van der Waals surface area contributed by atoms with E-state index in [0.717, 1.165) is 34.1 Å². The molecule has 1 aliphatic rings. The largest absolute Gasteiger partial charge is 0.493 e. The number of carbonyl (C=O) groups excluding carboxylic acids is 1. The minimum Gasteiger partial charge on any atom is -0.493 e. The highest BCUT2D eigenvalue weighted by Gasteiger charge is 2.28. The van der Waals surface area contributed by atoms with Crippen LogP contribution in [0.3, 0.4) is 0 Å². The van der Waals surface area contributed by atoms with Gasteiger partial charge < -0.3 is 14.6 Å². The third kappa shape index (κ3) is 3.68. The topological polar surface area (TPSA) is 73.6 Å². The molecular weight excluding hydrogens is 416 g/mol. The van der Waals surface area contributed by atoms with Crippen LogP contribution in [0.15, 0.2) is 73.3 Å². The Kier molecular flexibility index (Phi) is 5.44. The van der Waals surface area contributed by atoms with E-state index >= 15 is 0 Å². The molecule has 0 radical (unpaired) electrons.